The predicted molar refractivity (Wildman–Crippen MR) is 134 cm³/mol. The number of nitrogens with one attached hydrogen (secondary N) is 1. The summed E-state index contributed by atoms with van der Waals surface area (Å²) in [4.78, 5) is 25.6. The Labute approximate surface area is 204 Å². The van der Waals surface area contributed by atoms with Crippen LogP contribution in [0.2, 0.25) is 0 Å². The Morgan fingerprint density at radius 1 is 1.09 bits per heavy atom. The molecule has 2 heterocycles. The van der Waals surface area contributed by atoms with E-state index in [2.05, 4.69) is 34.1 Å². The summed E-state index contributed by atoms with van der Waals surface area (Å²) < 4.78 is 20.7. The van der Waals surface area contributed by atoms with Crippen molar-refractivity contribution in [2.45, 2.75) is 40.0 Å². The van der Waals surface area contributed by atoms with Crippen LogP contribution in [0.4, 0.5) is 10.1 Å². The second-order valence-corrected chi connectivity index (χ2v) is 8.51. The molecule has 178 valence electrons. The summed E-state index contributed by atoms with van der Waals surface area (Å²) in [5, 5.41) is 2.94. The lowest BCUT2D eigenvalue weighted by molar-refractivity contribution is 0.102. The number of halogens is 1. The molecule has 0 aliphatic rings. The Hall–Kier alpha value is -4.13. The van der Waals surface area contributed by atoms with Gasteiger partial charge < -0.3 is 10.1 Å². The second kappa shape index (κ2) is 10.4. The van der Waals surface area contributed by atoms with Gasteiger partial charge in [0.25, 0.3) is 5.91 Å². The van der Waals surface area contributed by atoms with Crippen LogP contribution in [0.25, 0.3) is 11.3 Å². The van der Waals surface area contributed by atoms with E-state index in [1.807, 2.05) is 38.1 Å². The molecule has 0 spiro atoms. The van der Waals surface area contributed by atoms with Gasteiger partial charge in [0.15, 0.2) is 5.82 Å². The number of amides is 1. The SMILES string of the molecule is CCc1ncc(F)c(-c2cccnc2Oc2cc(C(=O)Nc3cccc(C(C)C)c3)ccc2C)n1. The summed E-state index contributed by atoms with van der Waals surface area (Å²) in [5.41, 5.74) is 3.62. The number of aromatic nitrogens is 3. The lowest BCUT2D eigenvalue weighted by Gasteiger charge is -2.14. The average molecular weight is 471 g/mol. The topological polar surface area (TPSA) is 77.0 Å². The number of aryl methyl sites for hydroxylation is 2. The zero-order valence-electron chi connectivity index (χ0n) is 20.2. The van der Waals surface area contributed by atoms with Gasteiger partial charge in [-0.3, -0.25) is 4.79 Å². The maximum Gasteiger partial charge on any atom is 0.255 e. The number of carbonyl (C=O) groups excluding carboxylic acids is 1. The van der Waals surface area contributed by atoms with E-state index in [0.717, 1.165) is 23.0 Å². The smallest absolute Gasteiger partial charge is 0.255 e. The Morgan fingerprint density at radius 3 is 2.69 bits per heavy atom. The number of ether oxygens (including phenoxy) is 1. The molecule has 2 aromatic carbocycles. The van der Waals surface area contributed by atoms with E-state index in [1.54, 1.807) is 36.5 Å². The van der Waals surface area contributed by atoms with E-state index in [0.29, 0.717) is 35.0 Å². The Kier molecular flexibility index (Phi) is 7.15. The highest BCUT2D eigenvalue weighted by molar-refractivity contribution is 6.04. The normalized spacial score (nSPS) is 10.9. The zero-order chi connectivity index (χ0) is 24.9. The first kappa shape index (κ1) is 24.0. The van der Waals surface area contributed by atoms with Gasteiger partial charge in [-0.2, -0.15) is 0 Å². The quantitative estimate of drug-likeness (QED) is 0.325. The number of benzene rings is 2. The van der Waals surface area contributed by atoms with Crippen LogP contribution in [-0.4, -0.2) is 20.9 Å². The summed E-state index contributed by atoms with van der Waals surface area (Å²) >= 11 is 0. The number of pyridine rings is 1. The lowest BCUT2D eigenvalue weighted by atomic mass is 10.0. The minimum atomic E-state index is -0.562. The molecule has 0 saturated carbocycles. The number of anilines is 1. The van der Waals surface area contributed by atoms with Crippen LogP contribution >= 0.6 is 0 Å². The summed E-state index contributed by atoms with van der Waals surface area (Å²) in [5.74, 6) is 0.690. The third-order valence-electron chi connectivity index (χ3n) is 5.60. The Morgan fingerprint density at radius 2 is 1.91 bits per heavy atom. The van der Waals surface area contributed by atoms with Crippen molar-refractivity contribution in [2.24, 2.45) is 0 Å². The maximum atomic E-state index is 14.6. The molecule has 1 amide bonds. The first-order chi connectivity index (χ1) is 16.9. The summed E-state index contributed by atoms with van der Waals surface area (Å²) in [7, 11) is 0. The molecule has 4 aromatic rings. The number of hydrogen-bond donors (Lipinski definition) is 1. The van der Waals surface area contributed by atoms with Crippen LogP contribution < -0.4 is 10.1 Å². The molecule has 0 bridgehead atoms. The zero-order valence-corrected chi connectivity index (χ0v) is 20.2. The van der Waals surface area contributed by atoms with Gasteiger partial charge in [-0.25, -0.2) is 19.3 Å². The molecule has 0 fully saturated rings. The van der Waals surface area contributed by atoms with Gasteiger partial charge in [0.2, 0.25) is 5.88 Å². The monoisotopic (exact) mass is 470 g/mol. The molecule has 4 rings (SSSR count). The molecule has 7 heteroatoms. The molecule has 0 aliphatic heterocycles. The summed E-state index contributed by atoms with van der Waals surface area (Å²) in [6.07, 6.45) is 3.29. The van der Waals surface area contributed by atoms with E-state index >= 15 is 0 Å². The first-order valence-electron chi connectivity index (χ1n) is 11.5. The van der Waals surface area contributed by atoms with Crippen LogP contribution in [0.5, 0.6) is 11.6 Å². The first-order valence-corrected chi connectivity index (χ1v) is 11.5. The van der Waals surface area contributed by atoms with Gasteiger partial charge in [-0.1, -0.05) is 39.0 Å². The van der Waals surface area contributed by atoms with Crippen molar-refractivity contribution in [1.29, 1.82) is 0 Å². The van der Waals surface area contributed by atoms with E-state index in [-0.39, 0.29) is 17.5 Å². The second-order valence-electron chi connectivity index (χ2n) is 8.51. The predicted octanol–water partition coefficient (Wildman–Crippen LogP) is 6.72. The third-order valence-corrected chi connectivity index (χ3v) is 5.60. The molecule has 0 saturated heterocycles. The largest absolute Gasteiger partial charge is 0.438 e. The van der Waals surface area contributed by atoms with Crippen molar-refractivity contribution in [3.05, 3.63) is 95.3 Å². The van der Waals surface area contributed by atoms with Crippen molar-refractivity contribution in [1.82, 2.24) is 15.0 Å². The van der Waals surface area contributed by atoms with Crippen molar-refractivity contribution in [3.8, 4) is 22.9 Å². The van der Waals surface area contributed by atoms with Gasteiger partial charge in [0, 0.05) is 23.9 Å². The number of carbonyl (C=O) groups is 1. The van der Waals surface area contributed by atoms with Crippen molar-refractivity contribution in [2.75, 3.05) is 5.32 Å². The lowest BCUT2D eigenvalue weighted by Crippen LogP contribution is -2.12. The molecule has 0 aliphatic carbocycles. The maximum absolute atomic E-state index is 14.6. The summed E-state index contributed by atoms with van der Waals surface area (Å²) in [6.45, 7) is 7.97. The highest BCUT2D eigenvalue weighted by Crippen LogP contribution is 2.33. The molecular weight excluding hydrogens is 443 g/mol. The molecule has 0 atom stereocenters. The fourth-order valence-electron chi connectivity index (χ4n) is 3.55. The van der Waals surface area contributed by atoms with Crippen molar-refractivity contribution in [3.63, 3.8) is 0 Å². The molecule has 6 nitrogen and oxygen atoms in total. The minimum absolute atomic E-state index is 0.122. The highest BCUT2D eigenvalue weighted by Gasteiger charge is 2.17. The minimum Gasteiger partial charge on any atom is -0.438 e. The van der Waals surface area contributed by atoms with E-state index in [4.69, 9.17) is 4.74 Å². The van der Waals surface area contributed by atoms with Gasteiger partial charge in [0.1, 0.15) is 17.3 Å². The fourth-order valence-corrected chi connectivity index (χ4v) is 3.55. The molecule has 0 radical (unpaired) electrons. The number of hydrogen-bond acceptors (Lipinski definition) is 5. The van der Waals surface area contributed by atoms with Crippen LogP contribution in [0, 0.1) is 12.7 Å². The van der Waals surface area contributed by atoms with Crippen LogP contribution in [0.15, 0.2) is 67.0 Å². The van der Waals surface area contributed by atoms with Gasteiger partial charge >= 0.3 is 0 Å². The third kappa shape index (κ3) is 5.51. The van der Waals surface area contributed by atoms with Crippen molar-refractivity contribution >= 4 is 11.6 Å². The van der Waals surface area contributed by atoms with E-state index in [1.165, 1.54) is 0 Å². The van der Waals surface area contributed by atoms with Crippen LogP contribution in [0.1, 0.15) is 54.0 Å². The van der Waals surface area contributed by atoms with Gasteiger partial charge in [0.05, 0.1) is 11.8 Å². The molecule has 35 heavy (non-hydrogen) atoms. The number of nitrogens with zero attached hydrogens (tertiary/aromatic N) is 3. The van der Waals surface area contributed by atoms with Crippen LogP contribution in [-0.2, 0) is 6.42 Å². The molecule has 1 N–H and O–H groups in total. The standard InChI is InChI=1S/C28H27FN4O2/c1-5-25-31-16-23(29)26(33-25)22-10-7-13-30-28(22)35-24-15-20(12-11-18(24)4)27(34)32-21-9-6-8-19(14-21)17(2)3/h6-17H,5H2,1-4H3,(H,32,34). The van der Waals surface area contributed by atoms with Gasteiger partial charge in [-0.15, -0.1) is 0 Å². The van der Waals surface area contributed by atoms with Crippen molar-refractivity contribution < 1.29 is 13.9 Å². The molecular formula is C28H27FN4O2. The van der Waals surface area contributed by atoms with Crippen LogP contribution in [0.3, 0.4) is 0 Å². The van der Waals surface area contributed by atoms with E-state index < -0.39 is 5.82 Å². The van der Waals surface area contributed by atoms with E-state index in [9.17, 15) is 9.18 Å². The number of rotatable bonds is 7. The molecule has 2 aromatic heterocycles. The highest BCUT2D eigenvalue weighted by atomic mass is 19.1. The average Bonchev–Trinajstić information content (AvgIpc) is 2.86. The van der Waals surface area contributed by atoms with Gasteiger partial charge in [-0.05, 0) is 60.4 Å². The Balaban J connectivity index is 1.63. The fraction of sp³-hybridized carbons (Fsp3) is 0.214. The Bertz CT molecular complexity index is 1370. The summed E-state index contributed by atoms with van der Waals surface area (Å²) in [6, 6.07) is 16.4. The molecule has 0 unspecified atom stereocenters.